The lowest BCUT2D eigenvalue weighted by Gasteiger charge is -2.29. The average Bonchev–Trinajstić information content (AvgIpc) is 3.23. The molecule has 0 spiro atoms. The summed E-state index contributed by atoms with van der Waals surface area (Å²) in [5.41, 5.74) is 1.18. The lowest BCUT2D eigenvalue weighted by atomic mass is 9.82. The van der Waals surface area contributed by atoms with Crippen molar-refractivity contribution in [3.8, 4) is 0 Å². The molecule has 3 saturated heterocycles. The van der Waals surface area contributed by atoms with Gasteiger partial charge in [0.25, 0.3) is 0 Å². The third-order valence-electron chi connectivity index (χ3n) is 5.74. The van der Waals surface area contributed by atoms with Gasteiger partial charge in [-0.3, -0.25) is 4.90 Å². The van der Waals surface area contributed by atoms with Gasteiger partial charge in [0.1, 0.15) is 5.76 Å². The molecule has 0 saturated carbocycles. The van der Waals surface area contributed by atoms with Gasteiger partial charge < -0.3 is 18.7 Å². The maximum atomic E-state index is 6.17. The van der Waals surface area contributed by atoms with Crippen LogP contribution in [0.1, 0.15) is 24.3 Å². The number of nitrogens with zero attached hydrogens (tertiary/aromatic N) is 2. The van der Waals surface area contributed by atoms with E-state index in [0.717, 1.165) is 83.6 Å². The molecular formula is C18H28N2O4. The van der Waals surface area contributed by atoms with Gasteiger partial charge >= 0.3 is 0 Å². The van der Waals surface area contributed by atoms with Gasteiger partial charge in [0, 0.05) is 56.9 Å². The van der Waals surface area contributed by atoms with Crippen molar-refractivity contribution in [2.24, 2.45) is 17.3 Å². The van der Waals surface area contributed by atoms with E-state index in [1.54, 1.807) is 0 Å². The number of aromatic nitrogens is 1. The van der Waals surface area contributed by atoms with Gasteiger partial charge in [-0.25, -0.2) is 0 Å². The zero-order valence-corrected chi connectivity index (χ0v) is 14.5. The number of ether oxygens (including phenoxy) is 3. The molecule has 0 aliphatic carbocycles. The number of hydrogen-bond acceptors (Lipinski definition) is 6. The van der Waals surface area contributed by atoms with Crippen LogP contribution in [0.5, 0.6) is 0 Å². The Labute approximate surface area is 143 Å². The second-order valence-electron chi connectivity index (χ2n) is 7.74. The highest BCUT2D eigenvalue weighted by atomic mass is 16.5. The van der Waals surface area contributed by atoms with Crippen molar-refractivity contribution in [1.29, 1.82) is 0 Å². The predicted molar refractivity (Wildman–Crippen MR) is 87.6 cm³/mol. The molecule has 0 bridgehead atoms. The fraction of sp³-hybridized carbons (Fsp3) is 0.833. The molecule has 0 aromatic carbocycles. The first-order valence-corrected chi connectivity index (χ1v) is 9.11. The predicted octanol–water partition coefficient (Wildman–Crippen LogP) is 1.87. The molecule has 24 heavy (non-hydrogen) atoms. The number of hydrogen-bond donors (Lipinski definition) is 0. The minimum Gasteiger partial charge on any atom is -0.381 e. The third-order valence-corrected chi connectivity index (χ3v) is 5.74. The van der Waals surface area contributed by atoms with Crippen molar-refractivity contribution in [2.45, 2.75) is 26.3 Å². The zero-order chi connectivity index (χ0) is 16.4. The van der Waals surface area contributed by atoms with Crippen molar-refractivity contribution < 1.29 is 18.7 Å². The normalized spacial score (nSPS) is 31.6. The second kappa shape index (κ2) is 7.12. The number of aryl methyl sites for hydroxylation is 1. The van der Waals surface area contributed by atoms with Gasteiger partial charge in [0.15, 0.2) is 0 Å². The first-order valence-electron chi connectivity index (χ1n) is 9.11. The van der Waals surface area contributed by atoms with Gasteiger partial charge in [-0.15, -0.1) is 0 Å². The zero-order valence-electron chi connectivity index (χ0n) is 14.5. The Morgan fingerprint density at radius 3 is 3.00 bits per heavy atom. The molecule has 0 unspecified atom stereocenters. The summed E-state index contributed by atoms with van der Waals surface area (Å²) in [7, 11) is 0. The maximum absolute atomic E-state index is 6.17. The molecule has 0 amide bonds. The van der Waals surface area contributed by atoms with E-state index in [0.29, 0.717) is 11.8 Å². The summed E-state index contributed by atoms with van der Waals surface area (Å²) in [4.78, 5) is 2.47. The molecule has 1 aromatic rings. The first-order chi connectivity index (χ1) is 11.7. The molecule has 6 heteroatoms. The van der Waals surface area contributed by atoms with Crippen LogP contribution >= 0.6 is 0 Å². The van der Waals surface area contributed by atoms with Crippen molar-refractivity contribution in [3.05, 3.63) is 17.5 Å². The van der Waals surface area contributed by atoms with Gasteiger partial charge in [0.05, 0.1) is 25.5 Å². The average molecular weight is 336 g/mol. The van der Waals surface area contributed by atoms with Crippen molar-refractivity contribution in [3.63, 3.8) is 0 Å². The molecule has 1 aromatic heterocycles. The highest BCUT2D eigenvalue weighted by Crippen LogP contribution is 2.42. The monoisotopic (exact) mass is 336 g/mol. The molecule has 2 atom stereocenters. The highest BCUT2D eigenvalue weighted by Gasteiger charge is 2.50. The molecule has 6 nitrogen and oxygen atoms in total. The van der Waals surface area contributed by atoms with Crippen molar-refractivity contribution in [2.75, 3.05) is 52.7 Å². The second-order valence-corrected chi connectivity index (χ2v) is 7.74. The quantitative estimate of drug-likeness (QED) is 0.790. The third kappa shape index (κ3) is 3.52. The van der Waals surface area contributed by atoms with Crippen LogP contribution in [0.4, 0.5) is 0 Å². The van der Waals surface area contributed by atoms with E-state index in [1.165, 1.54) is 0 Å². The Hall–Kier alpha value is -0.950. The Morgan fingerprint density at radius 1 is 1.33 bits per heavy atom. The number of fused-ring (bicyclic) bond motifs is 1. The standard InChI is InChI=1S/C18H28N2O4/c1-14-6-17(19-24-14)8-20-7-16-10-23-13-18(16,11-20)12-22-9-15-2-4-21-5-3-15/h6,15-16H,2-5,7-13H2,1H3/t16-,18-/m1/s1. The molecule has 4 rings (SSSR count). The van der Waals surface area contributed by atoms with Crippen LogP contribution in [0.15, 0.2) is 10.6 Å². The largest absolute Gasteiger partial charge is 0.381 e. The van der Waals surface area contributed by atoms with E-state index in [-0.39, 0.29) is 5.41 Å². The topological polar surface area (TPSA) is 57.0 Å². The van der Waals surface area contributed by atoms with Crippen LogP contribution in [0.3, 0.4) is 0 Å². The van der Waals surface area contributed by atoms with Crippen LogP contribution in [-0.4, -0.2) is 62.8 Å². The molecule has 3 aliphatic heterocycles. The molecule has 3 aliphatic rings. The van der Waals surface area contributed by atoms with E-state index < -0.39 is 0 Å². The van der Waals surface area contributed by atoms with Crippen molar-refractivity contribution in [1.82, 2.24) is 10.1 Å². The molecule has 0 radical (unpaired) electrons. The lowest BCUT2D eigenvalue weighted by Crippen LogP contribution is -2.36. The summed E-state index contributed by atoms with van der Waals surface area (Å²) in [6.45, 7) is 10.00. The Balaban J connectivity index is 1.30. The molecule has 4 heterocycles. The smallest absolute Gasteiger partial charge is 0.133 e. The highest BCUT2D eigenvalue weighted by molar-refractivity contribution is 5.06. The first kappa shape index (κ1) is 16.5. The Bertz CT molecular complexity index is 543. The van der Waals surface area contributed by atoms with Crippen molar-refractivity contribution >= 4 is 0 Å². The van der Waals surface area contributed by atoms with Crippen LogP contribution < -0.4 is 0 Å². The number of likely N-dealkylation sites (tertiary alicyclic amines) is 1. The number of rotatable bonds is 6. The van der Waals surface area contributed by atoms with E-state index in [2.05, 4.69) is 10.1 Å². The summed E-state index contributed by atoms with van der Waals surface area (Å²) in [5, 5.41) is 4.13. The molecular weight excluding hydrogens is 308 g/mol. The van der Waals surface area contributed by atoms with Gasteiger partial charge in [-0.2, -0.15) is 0 Å². The summed E-state index contributed by atoms with van der Waals surface area (Å²) in [5.74, 6) is 2.11. The Kier molecular flexibility index (Phi) is 4.90. The molecule has 3 fully saturated rings. The maximum Gasteiger partial charge on any atom is 0.133 e. The van der Waals surface area contributed by atoms with Crippen LogP contribution in [0.2, 0.25) is 0 Å². The van der Waals surface area contributed by atoms with Crippen LogP contribution in [0.25, 0.3) is 0 Å². The lowest BCUT2D eigenvalue weighted by molar-refractivity contribution is -0.0157. The minimum atomic E-state index is 0.157. The Morgan fingerprint density at radius 2 is 2.21 bits per heavy atom. The van der Waals surface area contributed by atoms with Gasteiger partial charge in [-0.1, -0.05) is 5.16 Å². The molecule has 0 N–H and O–H groups in total. The van der Waals surface area contributed by atoms with E-state index in [1.807, 2.05) is 13.0 Å². The SMILES string of the molecule is Cc1cc(CN2C[C@@H]3COC[C@]3(COCC3CCOCC3)C2)no1. The summed E-state index contributed by atoms with van der Waals surface area (Å²) in [6, 6.07) is 2.03. The fourth-order valence-corrected chi connectivity index (χ4v) is 4.33. The molecule has 134 valence electrons. The van der Waals surface area contributed by atoms with Gasteiger partial charge in [-0.05, 0) is 25.7 Å². The van der Waals surface area contributed by atoms with Gasteiger partial charge in [0.2, 0.25) is 0 Å². The van der Waals surface area contributed by atoms with Crippen LogP contribution in [0, 0.1) is 24.2 Å². The summed E-state index contributed by atoms with van der Waals surface area (Å²) in [6.07, 6.45) is 2.26. The fourth-order valence-electron chi connectivity index (χ4n) is 4.33. The van der Waals surface area contributed by atoms with Crippen LogP contribution in [-0.2, 0) is 20.8 Å². The summed E-state index contributed by atoms with van der Waals surface area (Å²) < 4.78 is 22.6. The summed E-state index contributed by atoms with van der Waals surface area (Å²) >= 11 is 0. The minimum absolute atomic E-state index is 0.157. The van der Waals surface area contributed by atoms with E-state index in [4.69, 9.17) is 18.7 Å². The van der Waals surface area contributed by atoms with E-state index >= 15 is 0 Å². The van der Waals surface area contributed by atoms with E-state index in [9.17, 15) is 0 Å².